The van der Waals surface area contributed by atoms with Crippen molar-refractivity contribution in [1.29, 1.82) is 0 Å². The highest BCUT2D eigenvalue weighted by atomic mass is 16.6. The minimum absolute atomic E-state index is 0.105. The van der Waals surface area contributed by atoms with Gasteiger partial charge >= 0.3 is 6.09 Å². The van der Waals surface area contributed by atoms with Crippen molar-refractivity contribution in [3.8, 4) is 0 Å². The number of fused-ring (bicyclic) bond motifs is 2. The third-order valence-electron chi connectivity index (χ3n) is 4.10. The van der Waals surface area contributed by atoms with Gasteiger partial charge in [-0.25, -0.2) is 14.8 Å². The molecule has 2 aliphatic heterocycles. The van der Waals surface area contributed by atoms with Crippen LogP contribution in [0.3, 0.4) is 0 Å². The highest BCUT2D eigenvalue weighted by Crippen LogP contribution is 2.27. The van der Waals surface area contributed by atoms with Crippen molar-refractivity contribution < 1.29 is 9.53 Å². The fraction of sp³-hybridized carbons (Fsp3) is 0.538. The van der Waals surface area contributed by atoms with Gasteiger partial charge in [0.25, 0.3) is 0 Å². The molecule has 2 saturated heterocycles. The Hall–Kier alpha value is -2.38. The summed E-state index contributed by atoms with van der Waals surface area (Å²) in [6.45, 7) is 4.47. The molecule has 2 fully saturated rings. The second-order valence-electron chi connectivity index (χ2n) is 5.47. The summed E-state index contributed by atoms with van der Waals surface area (Å²) in [5, 5.41) is 5.22. The van der Waals surface area contributed by atoms with Crippen molar-refractivity contribution in [2.45, 2.75) is 13.0 Å². The van der Waals surface area contributed by atoms with E-state index in [1.807, 2.05) is 14.0 Å². The van der Waals surface area contributed by atoms with Gasteiger partial charge in [0.1, 0.15) is 18.2 Å². The van der Waals surface area contributed by atoms with Gasteiger partial charge in [-0.2, -0.15) is 5.10 Å². The van der Waals surface area contributed by atoms with Crippen molar-refractivity contribution in [3.63, 3.8) is 0 Å². The van der Waals surface area contributed by atoms with Crippen LogP contribution in [0.25, 0.3) is 11.0 Å². The average Bonchev–Trinajstić information content (AvgIpc) is 3.02. The Morgan fingerprint density at radius 3 is 3.05 bits per heavy atom. The molecule has 8 heteroatoms. The first-order valence-corrected chi connectivity index (χ1v) is 6.98. The molecule has 0 saturated carbocycles. The first kappa shape index (κ1) is 12.4. The van der Waals surface area contributed by atoms with Gasteiger partial charge in [0, 0.05) is 26.7 Å². The lowest BCUT2D eigenvalue weighted by Crippen LogP contribution is -2.52. The quantitative estimate of drug-likeness (QED) is 0.752. The predicted molar refractivity (Wildman–Crippen MR) is 75.1 cm³/mol. The summed E-state index contributed by atoms with van der Waals surface area (Å²) in [7, 11) is 1.87. The molecule has 4 rings (SSSR count). The van der Waals surface area contributed by atoms with Crippen molar-refractivity contribution in [2.75, 3.05) is 31.1 Å². The molecule has 8 nitrogen and oxygen atoms in total. The molecule has 110 valence electrons. The molecule has 0 spiro atoms. The largest absolute Gasteiger partial charge is 0.447 e. The zero-order valence-corrected chi connectivity index (χ0v) is 12.0. The van der Waals surface area contributed by atoms with Crippen LogP contribution in [0.15, 0.2) is 6.20 Å². The maximum absolute atomic E-state index is 11.6. The van der Waals surface area contributed by atoms with Gasteiger partial charge in [0.05, 0.1) is 17.6 Å². The minimum Gasteiger partial charge on any atom is -0.447 e. The molecule has 1 atom stereocenters. The first-order valence-electron chi connectivity index (χ1n) is 6.98. The lowest BCUT2D eigenvalue weighted by atomic mass is 10.2. The summed E-state index contributed by atoms with van der Waals surface area (Å²) >= 11 is 0. The maximum Gasteiger partial charge on any atom is 0.410 e. The summed E-state index contributed by atoms with van der Waals surface area (Å²) in [5.41, 5.74) is 0.832. The normalized spacial score (nSPS) is 21.8. The van der Waals surface area contributed by atoms with Crippen LogP contribution in [-0.2, 0) is 11.8 Å². The van der Waals surface area contributed by atoms with Gasteiger partial charge in [-0.15, -0.1) is 0 Å². The third-order valence-corrected chi connectivity index (χ3v) is 4.10. The SMILES string of the molecule is Cc1nc(N2CCN3C(=O)OCC3C2)c2cnn(C)c2n1. The van der Waals surface area contributed by atoms with Crippen LogP contribution in [0.1, 0.15) is 5.82 Å². The maximum atomic E-state index is 11.6. The first-order chi connectivity index (χ1) is 10.1. The van der Waals surface area contributed by atoms with Crippen molar-refractivity contribution in [1.82, 2.24) is 24.6 Å². The molecular weight excluding hydrogens is 272 g/mol. The highest BCUT2D eigenvalue weighted by molar-refractivity contribution is 5.87. The number of hydrogen-bond acceptors (Lipinski definition) is 6. The number of aryl methyl sites for hydroxylation is 2. The molecular formula is C13H16N6O2. The lowest BCUT2D eigenvalue weighted by molar-refractivity contribution is 0.157. The Bertz CT molecular complexity index is 727. The van der Waals surface area contributed by atoms with E-state index >= 15 is 0 Å². The van der Waals surface area contributed by atoms with Crippen LogP contribution in [0, 0.1) is 6.92 Å². The Labute approximate surface area is 121 Å². The number of ether oxygens (including phenoxy) is 1. The number of amides is 1. The number of carbonyl (C=O) groups is 1. The van der Waals surface area contributed by atoms with E-state index in [0.717, 1.165) is 35.8 Å². The van der Waals surface area contributed by atoms with E-state index in [4.69, 9.17) is 4.74 Å². The number of rotatable bonds is 1. The van der Waals surface area contributed by atoms with Crippen molar-refractivity contribution in [3.05, 3.63) is 12.0 Å². The van der Waals surface area contributed by atoms with E-state index in [2.05, 4.69) is 20.0 Å². The molecule has 0 aliphatic carbocycles. The molecule has 2 aromatic rings. The minimum atomic E-state index is -0.204. The van der Waals surface area contributed by atoms with E-state index in [9.17, 15) is 4.79 Å². The number of carbonyl (C=O) groups excluding carboxylic acids is 1. The van der Waals surface area contributed by atoms with E-state index in [0.29, 0.717) is 13.2 Å². The number of hydrogen-bond donors (Lipinski definition) is 0. The second kappa shape index (κ2) is 4.31. The van der Waals surface area contributed by atoms with Gasteiger partial charge in [0.15, 0.2) is 5.65 Å². The standard InChI is InChI=1S/C13H16N6O2/c1-8-15-11-10(5-14-17(11)2)12(16-8)18-3-4-19-9(6-18)7-21-13(19)20/h5,9H,3-4,6-7H2,1-2H3. The summed E-state index contributed by atoms with van der Waals surface area (Å²) < 4.78 is 6.87. The summed E-state index contributed by atoms with van der Waals surface area (Å²) in [5.74, 6) is 1.62. The number of aromatic nitrogens is 4. The van der Waals surface area contributed by atoms with Crippen LogP contribution in [0.2, 0.25) is 0 Å². The Morgan fingerprint density at radius 1 is 1.33 bits per heavy atom. The number of cyclic esters (lactones) is 1. The van der Waals surface area contributed by atoms with Crippen molar-refractivity contribution >= 4 is 22.9 Å². The Kier molecular flexibility index (Phi) is 2.54. The van der Waals surface area contributed by atoms with E-state index in [-0.39, 0.29) is 12.1 Å². The fourth-order valence-electron chi connectivity index (χ4n) is 3.04. The average molecular weight is 288 g/mol. The van der Waals surface area contributed by atoms with E-state index in [1.165, 1.54) is 0 Å². The predicted octanol–water partition coefficient (Wildman–Crippen LogP) is 0.313. The monoisotopic (exact) mass is 288 g/mol. The molecule has 0 aromatic carbocycles. The molecule has 1 unspecified atom stereocenters. The van der Waals surface area contributed by atoms with Crippen LogP contribution in [0.5, 0.6) is 0 Å². The number of piperazine rings is 1. The second-order valence-corrected chi connectivity index (χ2v) is 5.47. The van der Waals surface area contributed by atoms with Gasteiger partial charge in [-0.1, -0.05) is 0 Å². The molecule has 0 N–H and O–H groups in total. The van der Waals surface area contributed by atoms with Gasteiger partial charge in [0.2, 0.25) is 0 Å². The van der Waals surface area contributed by atoms with Crippen molar-refractivity contribution in [2.24, 2.45) is 7.05 Å². The van der Waals surface area contributed by atoms with Crippen LogP contribution < -0.4 is 4.90 Å². The molecule has 21 heavy (non-hydrogen) atoms. The van der Waals surface area contributed by atoms with Gasteiger partial charge < -0.3 is 9.64 Å². The summed E-state index contributed by atoms with van der Waals surface area (Å²) in [4.78, 5) is 24.6. The highest BCUT2D eigenvalue weighted by Gasteiger charge is 2.38. The third kappa shape index (κ3) is 1.82. The smallest absolute Gasteiger partial charge is 0.410 e. The number of nitrogens with zero attached hydrogens (tertiary/aromatic N) is 6. The summed E-state index contributed by atoms with van der Waals surface area (Å²) in [6, 6.07) is 0.105. The van der Waals surface area contributed by atoms with E-state index < -0.39 is 0 Å². The molecule has 4 heterocycles. The van der Waals surface area contributed by atoms with E-state index in [1.54, 1.807) is 15.8 Å². The summed E-state index contributed by atoms with van der Waals surface area (Å²) in [6.07, 6.45) is 1.59. The molecule has 0 radical (unpaired) electrons. The zero-order valence-electron chi connectivity index (χ0n) is 12.0. The van der Waals surface area contributed by atoms with Gasteiger partial charge in [-0.05, 0) is 6.92 Å². The Balaban J connectivity index is 1.72. The number of anilines is 1. The van der Waals surface area contributed by atoms with Crippen LogP contribution in [-0.4, -0.2) is 63.0 Å². The van der Waals surface area contributed by atoms with Crippen LogP contribution >= 0.6 is 0 Å². The zero-order chi connectivity index (χ0) is 14.6. The molecule has 2 aromatic heterocycles. The lowest BCUT2D eigenvalue weighted by Gasteiger charge is -2.36. The van der Waals surface area contributed by atoms with Crippen LogP contribution in [0.4, 0.5) is 10.6 Å². The molecule has 0 bridgehead atoms. The van der Waals surface area contributed by atoms with Gasteiger partial charge in [-0.3, -0.25) is 9.58 Å². The topological polar surface area (TPSA) is 76.4 Å². The molecule has 1 amide bonds. The molecule has 2 aliphatic rings. The Morgan fingerprint density at radius 2 is 2.19 bits per heavy atom. The fourth-order valence-corrected chi connectivity index (χ4v) is 3.04.